The molecular formula is C16H20N2O6. The first-order chi connectivity index (χ1) is 11.3. The van der Waals surface area contributed by atoms with E-state index in [-0.39, 0.29) is 24.8 Å². The van der Waals surface area contributed by atoms with Crippen LogP contribution in [-0.2, 0) is 19.1 Å². The number of amides is 2. The summed E-state index contributed by atoms with van der Waals surface area (Å²) in [7, 11) is 3.13. The number of rotatable bonds is 8. The fourth-order valence-corrected chi connectivity index (χ4v) is 1.50. The van der Waals surface area contributed by atoms with E-state index >= 15 is 0 Å². The molecule has 2 amide bonds. The lowest BCUT2D eigenvalue weighted by molar-refractivity contribution is -0.150. The van der Waals surface area contributed by atoms with E-state index < -0.39 is 18.5 Å². The number of carbonyl (C=O) groups excluding carboxylic acids is 4. The lowest BCUT2D eigenvalue weighted by atomic mass is 10.1. The molecule has 0 aromatic heterocycles. The molecule has 0 saturated heterocycles. The van der Waals surface area contributed by atoms with Crippen molar-refractivity contribution in [2.45, 2.75) is 6.92 Å². The molecule has 0 aliphatic heterocycles. The molecule has 24 heavy (non-hydrogen) atoms. The Balaban J connectivity index is 2.27. The Morgan fingerprint density at radius 2 is 1.67 bits per heavy atom. The third-order valence-corrected chi connectivity index (χ3v) is 2.92. The van der Waals surface area contributed by atoms with Crippen LogP contribution in [0.25, 0.3) is 0 Å². The van der Waals surface area contributed by atoms with Gasteiger partial charge in [-0.25, -0.2) is 4.79 Å². The van der Waals surface area contributed by atoms with Gasteiger partial charge in [0.15, 0.2) is 19.0 Å². The molecule has 1 aromatic rings. The third-order valence-electron chi connectivity index (χ3n) is 2.92. The largest absolute Gasteiger partial charge is 0.482 e. The van der Waals surface area contributed by atoms with E-state index in [0.717, 1.165) is 0 Å². The van der Waals surface area contributed by atoms with Crippen molar-refractivity contribution in [3.05, 3.63) is 29.8 Å². The van der Waals surface area contributed by atoms with E-state index in [4.69, 9.17) is 9.47 Å². The summed E-state index contributed by atoms with van der Waals surface area (Å²) in [5.74, 6) is -1.24. The minimum absolute atomic E-state index is 0.0697. The van der Waals surface area contributed by atoms with Crippen LogP contribution in [0.5, 0.6) is 5.75 Å². The number of esters is 1. The zero-order valence-electron chi connectivity index (χ0n) is 13.8. The highest BCUT2D eigenvalue weighted by Gasteiger charge is 2.11. The van der Waals surface area contributed by atoms with Gasteiger partial charge in [0.25, 0.3) is 5.91 Å². The third kappa shape index (κ3) is 6.91. The summed E-state index contributed by atoms with van der Waals surface area (Å²) in [6, 6.07) is 6.28. The molecule has 0 bridgehead atoms. The van der Waals surface area contributed by atoms with Gasteiger partial charge >= 0.3 is 5.97 Å². The highest BCUT2D eigenvalue weighted by atomic mass is 16.6. The Labute approximate surface area is 139 Å². The van der Waals surface area contributed by atoms with Crippen molar-refractivity contribution in [1.29, 1.82) is 0 Å². The van der Waals surface area contributed by atoms with Crippen LogP contribution in [-0.4, -0.2) is 62.3 Å². The van der Waals surface area contributed by atoms with Crippen molar-refractivity contribution in [3.63, 3.8) is 0 Å². The number of hydrogen-bond acceptors (Lipinski definition) is 6. The number of nitrogens with zero attached hydrogens (tertiary/aromatic N) is 1. The van der Waals surface area contributed by atoms with Gasteiger partial charge in [-0.05, 0) is 31.2 Å². The molecule has 0 saturated carbocycles. The maximum Gasteiger partial charge on any atom is 0.344 e. The van der Waals surface area contributed by atoms with Crippen LogP contribution in [0.3, 0.4) is 0 Å². The van der Waals surface area contributed by atoms with Gasteiger partial charge in [0, 0.05) is 19.7 Å². The first-order valence-corrected chi connectivity index (χ1v) is 7.16. The van der Waals surface area contributed by atoms with Crippen LogP contribution in [0.15, 0.2) is 24.3 Å². The van der Waals surface area contributed by atoms with Gasteiger partial charge < -0.3 is 19.7 Å². The Morgan fingerprint density at radius 1 is 1.04 bits per heavy atom. The number of Topliss-reactive ketones (excluding diaryl/α,β-unsaturated/α-hetero) is 1. The fraction of sp³-hybridized carbons (Fsp3) is 0.375. The number of benzene rings is 1. The lowest BCUT2D eigenvalue weighted by Gasteiger charge is -2.11. The van der Waals surface area contributed by atoms with Crippen molar-refractivity contribution in [3.8, 4) is 5.75 Å². The van der Waals surface area contributed by atoms with Crippen LogP contribution < -0.4 is 10.1 Å². The number of carbonyl (C=O) groups is 4. The maximum absolute atomic E-state index is 11.5. The second-order valence-corrected chi connectivity index (χ2v) is 5.09. The molecule has 130 valence electrons. The Bertz CT molecular complexity index is 609. The van der Waals surface area contributed by atoms with Gasteiger partial charge in [-0.1, -0.05) is 0 Å². The number of ether oxygens (including phenoxy) is 2. The van der Waals surface area contributed by atoms with Crippen molar-refractivity contribution >= 4 is 23.6 Å². The maximum atomic E-state index is 11.5. The van der Waals surface area contributed by atoms with Crippen LogP contribution >= 0.6 is 0 Å². The predicted molar refractivity (Wildman–Crippen MR) is 84.6 cm³/mol. The summed E-state index contributed by atoms with van der Waals surface area (Å²) >= 11 is 0. The second kappa shape index (κ2) is 9.29. The SMILES string of the molecule is CC(=O)c1ccc(OCC(=O)OCC(=O)NCC(=O)N(C)C)cc1. The number of ketones is 1. The Hall–Kier alpha value is -2.90. The van der Waals surface area contributed by atoms with Crippen molar-refractivity contribution < 1.29 is 28.7 Å². The molecule has 0 fully saturated rings. The van der Waals surface area contributed by atoms with Gasteiger partial charge in [0.2, 0.25) is 5.91 Å². The number of hydrogen-bond donors (Lipinski definition) is 1. The van der Waals surface area contributed by atoms with Gasteiger partial charge in [0.05, 0.1) is 6.54 Å². The molecular weight excluding hydrogens is 316 g/mol. The van der Waals surface area contributed by atoms with E-state index in [9.17, 15) is 19.2 Å². The van der Waals surface area contributed by atoms with Gasteiger partial charge in [0.1, 0.15) is 5.75 Å². The van der Waals surface area contributed by atoms with Crippen LogP contribution in [0.1, 0.15) is 17.3 Å². The van der Waals surface area contributed by atoms with Crippen LogP contribution in [0, 0.1) is 0 Å². The number of nitrogens with one attached hydrogen (secondary N) is 1. The zero-order chi connectivity index (χ0) is 18.1. The topological polar surface area (TPSA) is 102 Å². The minimum Gasteiger partial charge on any atom is -0.482 e. The van der Waals surface area contributed by atoms with E-state index in [0.29, 0.717) is 11.3 Å². The van der Waals surface area contributed by atoms with Crippen molar-refractivity contribution in [2.24, 2.45) is 0 Å². The molecule has 0 unspecified atom stereocenters. The summed E-state index contributed by atoms with van der Waals surface area (Å²) in [5.41, 5.74) is 0.536. The lowest BCUT2D eigenvalue weighted by Crippen LogP contribution is -2.38. The minimum atomic E-state index is -0.722. The Morgan fingerprint density at radius 3 is 2.21 bits per heavy atom. The average molecular weight is 336 g/mol. The number of likely N-dealkylation sites (N-methyl/N-ethyl adjacent to an activating group) is 1. The van der Waals surface area contributed by atoms with Crippen LogP contribution in [0.2, 0.25) is 0 Å². The van der Waals surface area contributed by atoms with E-state index in [1.807, 2.05) is 0 Å². The van der Waals surface area contributed by atoms with Crippen molar-refractivity contribution in [2.75, 3.05) is 33.9 Å². The molecule has 1 N–H and O–H groups in total. The van der Waals surface area contributed by atoms with Gasteiger partial charge in [-0.15, -0.1) is 0 Å². The molecule has 0 spiro atoms. The van der Waals surface area contributed by atoms with E-state index in [2.05, 4.69) is 5.32 Å². The van der Waals surface area contributed by atoms with Crippen LogP contribution in [0.4, 0.5) is 0 Å². The molecule has 0 aliphatic rings. The molecule has 1 aromatic carbocycles. The van der Waals surface area contributed by atoms with Gasteiger partial charge in [-0.3, -0.25) is 14.4 Å². The molecule has 0 atom stereocenters. The van der Waals surface area contributed by atoms with Gasteiger partial charge in [-0.2, -0.15) is 0 Å². The Kier molecular flexibility index (Phi) is 7.41. The zero-order valence-corrected chi connectivity index (χ0v) is 13.8. The predicted octanol–water partition coefficient (Wildman–Crippen LogP) is 0.0156. The monoisotopic (exact) mass is 336 g/mol. The van der Waals surface area contributed by atoms with E-state index in [1.54, 1.807) is 38.4 Å². The quantitative estimate of drug-likeness (QED) is 0.530. The molecule has 0 heterocycles. The van der Waals surface area contributed by atoms with Crippen molar-refractivity contribution in [1.82, 2.24) is 10.2 Å². The summed E-state index contributed by atoms with van der Waals surface area (Å²) in [6.45, 7) is 0.419. The highest BCUT2D eigenvalue weighted by Crippen LogP contribution is 2.12. The smallest absolute Gasteiger partial charge is 0.344 e. The summed E-state index contributed by atoms with van der Waals surface area (Å²) in [6.07, 6.45) is 0. The molecule has 8 heteroatoms. The molecule has 1 rings (SSSR count). The highest BCUT2D eigenvalue weighted by molar-refractivity contribution is 5.94. The molecule has 0 radical (unpaired) electrons. The fourth-order valence-electron chi connectivity index (χ4n) is 1.50. The van der Waals surface area contributed by atoms with E-state index in [1.165, 1.54) is 11.8 Å². The summed E-state index contributed by atoms with van der Waals surface area (Å²) in [5, 5.41) is 2.33. The summed E-state index contributed by atoms with van der Waals surface area (Å²) in [4.78, 5) is 46.6. The second-order valence-electron chi connectivity index (χ2n) is 5.09. The standard InChI is InChI=1S/C16H20N2O6/c1-11(19)12-4-6-13(7-5-12)23-10-16(22)24-9-14(20)17-8-15(21)18(2)3/h4-7H,8-10H2,1-3H3,(H,17,20). The first kappa shape index (κ1) is 19.1. The summed E-state index contributed by atoms with van der Waals surface area (Å²) < 4.78 is 9.91. The molecule has 0 aliphatic carbocycles. The first-order valence-electron chi connectivity index (χ1n) is 7.16. The normalized spacial score (nSPS) is 9.79. The average Bonchev–Trinajstić information content (AvgIpc) is 2.56. The molecule has 8 nitrogen and oxygen atoms in total.